The van der Waals surface area contributed by atoms with Crippen molar-refractivity contribution in [1.29, 1.82) is 0 Å². The molecule has 0 spiro atoms. The Hall–Kier alpha value is -2.77. The van der Waals surface area contributed by atoms with Crippen LogP contribution >= 0.6 is 0 Å². The highest BCUT2D eigenvalue weighted by molar-refractivity contribution is 7.89. The second-order valence-electron chi connectivity index (χ2n) is 8.44. The standard InChI is InChI=1S/C24H26N4O2S/c1-17-14-18(2)26-24(25-17)28-15-20-12-13-27(16-22(20)28)31(29,30)23-11-7-6-10-21(23)19-8-4-3-5-9-19/h3-11,14,20,22H,12-13,15-16H2,1-2H3. The van der Waals surface area contributed by atoms with Gasteiger partial charge in [-0.1, -0.05) is 48.5 Å². The summed E-state index contributed by atoms with van der Waals surface area (Å²) in [5.74, 6) is 1.20. The molecule has 0 bridgehead atoms. The van der Waals surface area contributed by atoms with Gasteiger partial charge < -0.3 is 4.90 Å². The van der Waals surface area contributed by atoms with Gasteiger partial charge in [-0.15, -0.1) is 0 Å². The molecule has 2 aromatic carbocycles. The predicted molar refractivity (Wildman–Crippen MR) is 121 cm³/mol. The Labute approximate surface area is 183 Å². The summed E-state index contributed by atoms with van der Waals surface area (Å²) in [6, 6.07) is 19.1. The lowest BCUT2D eigenvalue weighted by atomic mass is 9.83. The van der Waals surface area contributed by atoms with E-state index in [2.05, 4.69) is 14.9 Å². The molecule has 160 valence electrons. The number of benzene rings is 2. The van der Waals surface area contributed by atoms with E-state index in [0.717, 1.165) is 35.5 Å². The first-order chi connectivity index (χ1) is 14.9. The van der Waals surface area contributed by atoms with E-state index < -0.39 is 10.0 Å². The second kappa shape index (κ2) is 7.73. The molecule has 0 aliphatic carbocycles. The van der Waals surface area contributed by atoms with Crippen LogP contribution in [0.15, 0.2) is 65.6 Å². The first-order valence-corrected chi connectivity index (χ1v) is 12.1. The topological polar surface area (TPSA) is 66.4 Å². The number of hydrogen-bond donors (Lipinski definition) is 0. The van der Waals surface area contributed by atoms with Crippen LogP contribution in [0.5, 0.6) is 0 Å². The number of aromatic nitrogens is 2. The molecule has 31 heavy (non-hydrogen) atoms. The van der Waals surface area contributed by atoms with Crippen LogP contribution < -0.4 is 4.90 Å². The molecule has 7 heteroatoms. The number of rotatable bonds is 4. The lowest BCUT2D eigenvalue weighted by Gasteiger charge is -2.53. The Morgan fingerprint density at radius 2 is 1.58 bits per heavy atom. The number of hydrogen-bond acceptors (Lipinski definition) is 5. The third-order valence-corrected chi connectivity index (χ3v) is 8.26. The van der Waals surface area contributed by atoms with Crippen molar-refractivity contribution in [2.24, 2.45) is 5.92 Å². The lowest BCUT2D eigenvalue weighted by Crippen LogP contribution is -2.65. The Bertz CT molecular complexity index is 1190. The summed E-state index contributed by atoms with van der Waals surface area (Å²) in [5.41, 5.74) is 3.52. The van der Waals surface area contributed by atoms with E-state index >= 15 is 0 Å². The summed E-state index contributed by atoms with van der Waals surface area (Å²) >= 11 is 0. The van der Waals surface area contributed by atoms with Crippen LogP contribution in [-0.4, -0.2) is 48.4 Å². The van der Waals surface area contributed by atoms with Crippen molar-refractivity contribution in [2.45, 2.75) is 31.2 Å². The van der Waals surface area contributed by atoms with Crippen molar-refractivity contribution in [3.63, 3.8) is 0 Å². The summed E-state index contributed by atoms with van der Waals surface area (Å²) in [5, 5.41) is 0. The molecule has 3 aromatic rings. The lowest BCUT2D eigenvalue weighted by molar-refractivity contribution is 0.169. The van der Waals surface area contributed by atoms with E-state index in [0.29, 0.717) is 29.9 Å². The minimum atomic E-state index is -3.62. The van der Waals surface area contributed by atoms with Crippen LogP contribution in [-0.2, 0) is 10.0 Å². The van der Waals surface area contributed by atoms with Crippen molar-refractivity contribution in [1.82, 2.24) is 14.3 Å². The van der Waals surface area contributed by atoms with Crippen LogP contribution in [0.4, 0.5) is 5.95 Å². The molecule has 6 nitrogen and oxygen atoms in total. The van der Waals surface area contributed by atoms with Gasteiger partial charge in [0, 0.05) is 36.6 Å². The zero-order chi connectivity index (χ0) is 21.6. The molecule has 2 saturated heterocycles. The van der Waals surface area contributed by atoms with Crippen molar-refractivity contribution in [2.75, 3.05) is 24.5 Å². The van der Waals surface area contributed by atoms with Crippen LogP contribution in [0, 0.1) is 19.8 Å². The largest absolute Gasteiger partial charge is 0.336 e. The van der Waals surface area contributed by atoms with Gasteiger partial charge in [-0.25, -0.2) is 18.4 Å². The van der Waals surface area contributed by atoms with Gasteiger partial charge in [-0.05, 0) is 43.9 Å². The number of fused-ring (bicyclic) bond motifs is 1. The smallest absolute Gasteiger partial charge is 0.243 e. The fourth-order valence-corrected chi connectivity index (χ4v) is 6.43. The molecule has 2 aliphatic rings. The van der Waals surface area contributed by atoms with Gasteiger partial charge in [-0.2, -0.15) is 4.31 Å². The third-order valence-electron chi connectivity index (χ3n) is 6.33. The maximum Gasteiger partial charge on any atom is 0.243 e. The molecule has 2 unspecified atom stereocenters. The van der Waals surface area contributed by atoms with E-state index in [1.165, 1.54) is 0 Å². The van der Waals surface area contributed by atoms with E-state index in [4.69, 9.17) is 0 Å². The normalized spacial score (nSPS) is 21.4. The highest BCUT2D eigenvalue weighted by Gasteiger charge is 2.46. The van der Waals surface area contributed by atoms with Gasteiger partial charge in [-0.3, -0.25) is 0 Å². The van der Waals surface area contributed by atoms with Gasteiger partial charge in [0.25, 0.3) is 0 Å². The number of aryl methyl sites for hydroxylation is 2. The van der Waals surface area contributed by atoms with Crippen molar-refractivity contribution >= 4 is 16.0 Å². The molecule has 1 aromatic heterocycles. The van der Waals surface area contributed by atoms with Crippen LogP contribution in [0.1, 0.15) is 17.8 Å². The summed E-state index contributed by atoms with van der Waals surface area (Å²) in [6.45, 7) is 5.84. The molecule has 2 atom stereocenters. The first-order valence-electron chi connectivity index (χ1n) is 10.7. The van der Waals surface area contributed by atoms with Crippen LogP contribution in [0.2, 0.25) is 0 Å². The fraction of sp³-hybridized carbons (Fsp3) is 0.333. The summed E-state index contributed by atoms with van der Waals surface area (Å²) in [7, 11) is -3.62. The maximum atomic E-state index is 13.7. The molecule has 3 heterocycles. The predicted octanol–water partition coefficient (Wildman–Crippen LogP) is 3.66. The Kier molecular flexibility index (Phi) is 5.02. The van der Waals surface area contributed by atoms with Crippen molar-refractivity contribution in [3.8, 4) is 11.1 Å². The van der Waals surface area contributed by atoms with Gasteiger partial charge in [0.15, 0.2) is 0 Å². The van der Waals surface area contributed by atoms with E-state index in [1.54, 1.807) is 16.4 Å². The van der Waals surface area contributed by atoms with Gasteiger partial charge >= 0.3 is 0 Å². The Morgan fingerprint density at radius 1 is 0.903 bits per heavy atom. The monoisotopic (exact) mass is 434 g/mol. The molecule has 0 saturated carbocycles. The zero-order valence-corrected chi connectivity index (χ0v) is 18.6. The summed E-state index contributed by atoms with van der Waals surface area (Å²) < 4.78 is 29.0. The maximum absolute atomic E-state index is 13.7. The quantitative estimate of drug-likeness (QED) is 0.627. The average Bonchev–Trinajstić information content (AvgIpc) is 2.74. The zero-order valence-electron chi connectivity index (χ0n) is 17.8. The highest BCUT2D eigenvalue weighted by atomic mass is 32.2. The minimum Gasteiger partial charge on any atom is -0.336 e. The van der Waals surface area contributed by atoms with E-state index in [1.807, 2.05) is 62.4 Å². The van der Waals surface area contributed by atoms with Crippen molar-refractivity contribution < 1.29 is 8.42 Å². The highest BCUT2D eigenvalue weighted by Crippen LogP contribution is 2.38. The van der Waals surface area contributed by atoms with Crippen LogP contribution in [0.3, 0.4) is 0 Å². The molecule has 0 N–H and O–H groups in total. The molecular formula is C24H26N4O2S. The number of nitrogens with zero attached hydrogens (tertiary/aromatic N) is 4. The summed E-state index contributed by atoms with van der Waals surface area (Å²) in [6.07, 6.45) is 0.860. The molecule has 2 fully saturated rings. The molecule has 0 amide bonds. The first kappa shape index (κ1) is 20.2. The summed E-state index contributed by atoms with van der Waals surface area (Å²) in [4.78, 5) is 11.7. The van der Waals surface area contributed by atoms with Crippen LogP contribution in [0.25, 0.3) is 11.1 Å². The Balaban J connectivity index is 1.44. The molecular weight excluding hydrogens is 408 g/mol. The minimum absolute atomic E-state index is 0.119. The third kappa shape index (κ3) is 3.62. The van der Waals surface area contributed by atoms with E-state index in [9.17, 15) is 8.42 Å². The number of anilines is 1. The Morgan fingerprint density at radius 3 is 2.32 bits per heavy atom. The number of piperidine rings is 1. The average molecular weight is 435 g/mol. The fourth-order valence-electron chi connectivity index (χ4n) is 4.74. The van der Waals surface area contributed by atoms with Crippen molar-refractivity contribution in [3.05, 3.63) is 72.1 Å². The SMILES string of the molecule is Cc1cc(C)nc(N2CC3CCN(S(=O)(=O)c4ccccc4-c4ccccc4)CC32)n1. The van der Waals surface area contributed by atoms with Gasteiger partial charge in [0.1, 0.15) is 0 Å². The van der Waals surface area contributed by atoms with Gasteiger partial charge in [0.2, 0.25) is 16.0 Å². The number of sulfonamides is 1. The van der Waals surface area contributed by atoms with E-state index in [-0.39, 0.29) is 6.04 Å². The van der Waals surface area contributed by atoms with Gasteiger partial charge in [0.05, 0.1) is 10.9 Å². The molecule has 5 rings (SSSR count). The second-order valence-corrected chi connectivity index (χ2v) is 10.4. The molecule has 2 aliphatic heterocycles. The molecule has 0 radical (unpaired) electrons.